The molecule has 0 saturated heterocycles. The maximum absolute atomic E-state index is 12.2. The first kappa shape index (κ1) is 19.5. The fraction of sp³-hybridized carbons (Fsp3) is 0.190. The number of nitriles is 1. The number of amides is 1. The summed E-state index contributed by atoms with van der Waals surface area (Å²) in [5.74, 6) is -0.0499. The van der Waals surface area contributed by atoms with Gasteiger partial charge in [0.05, 0.1) is 11.3 Å². The quantitative estimate of drug-likeness (QED) is 0.627. The van der Waals surface area contributed by atoms with E-state index < -0.39 is 11.5 Å². The number of carbonyl (C=O) groups excluding carboxylic acids is 1. The maximum atomic E-state index is 12.2. The van der Waals surface area contributed by atoms with Gasteiger partial charge in [-0.05, 0) is 42.3 Å². The molecule has 142 valence electrons. The normalized spacial score (nSPS) is 10.5. The zero-order chi connectivity index (χ0) is 20.1. The van der Waals surface area contributed by atoms with Crippen LogP contribution in [0.1, 0.15) is 24.5 Å². The SMILES string of the molecule is CCCc1cc(=O)oc2cc(OCC(=O)Nc3cc(Cl)ccc3C#N)ccc12. The maximum Gasteiger partial charge on any atom is 0.336 e. The molecule has 0 aliphatic heterocycles. The minimum Gasteiger partial charge on any atom is -0.484 e. The van der Waals surface area contributed by atoms with E-state index in [4.69, 9.17) is 26.0 Å². The third-order valence-corrected chi connectivity index (χ3v) is 4.30. The van der Waals surface area contributed by atoms with Crippen LogP contribution in [0.5, 0.6) is 5.75 Å². The van der Waals surface area contributed by atoms with Crippen LogP contribution in [0.25, 0.3) is 11.0 Å². The molecular formula is C21H17ClN2O4. The molecule has 7 heteroatoms. The lowest BCUT2D eigenvalue weighted by Crippen LogP contribution is -2.20. The van der Waals surface area contributed by atoms with Crippen molar-refractivity contribution >= 4 is 34.2 Å². The van der Waals surface area contributed by atoms with Crippen molar-refractivity contribution in [2.24, 2.45) is 0 Å². The Morgan fingerprint density at radius 1 is 1.25 bits per heavy atom. The van der Waals surface area contributed by atoms with Crippen molar-refractivity contribution < 1.29 is 13.9 Å². The Bertz CT molecular complexity index is 1130. The summed E-state index contributed by atoms with van der Waals surface area (Å²) in [4.78, 5) is 23.9. The number of fused-ring (bicyclic) bond motifs is 1. The number of hydrogen-bond acceptors (Lipinski definition) is 5. The predicted octanol–water partition coefficient (Wildman–Crippen LogP) is 4.29. The standard InChI is InChI=1S/C21H17ClN2O4/c1-2-3-13-8-21(26)28-19-10-16(6-7-17(13)19)27-12-20(25)24-18-9-15(22)5-4-14(18)11-23/h4-10H,2-3,12H2,1H3,(H,24,25). The van der Waals surface area contributed by atoms with Crippen LogP contribution in [0.3, 0.4) is 0 Å². The molecule has 0 atom stereocenters. The lowest BCUT2D eigenvalue weighted by molar-refractivity contribution is -0.118. The molecule has 0 fully saturated rings. The third kappa shape index (κ3) is 4.51. The van der Waals surface area contributed by atoms with Crippen LogP contribution in [-0.2, 0) is 11.2 Å². The second kappa shape index (κ2) is 8.59. The van der Waals surface area contributed by atoms with Crippen molar-refractivity contribution in [3.05, 3.63) is 69.0 Å². The first-order valence-corrected chi connectivity index (χ1v) is 9.07. The molecule has 1 N–H and O–H groups in total. The second-order valence-electron chi connectivity index (χ2n) is 6.14. The van der Waals surface area contributed by atoms with Gasteiger partial charge in [-0.2, -0.15) is 5.26 Å². The van der Waals surface area contributed by atoms with Crippen molar-refractivity contribution in [3.8, 4) is 11.8 Å². The number of ether oxygens (including phenoxy) is 1. The highest BCUT2D eigenvalue weighted by Crippen LogP contribution is 2.24. The number of carbonyl (C=O) groups is 1. The van der Waals surface area contributed by atoms with E-state index in [0.717, 1.165) is 23.8 Å². The topological polar surface area (TPSA) is 92.3 Å². The lowest BCUT2D eigenvalue weighted by Gasteiger charge is -2.10. The number of aryl methyl sites for hydroxylation is 1. The van der Waals surface area contributed by atoms with Gasteiger partial charge in [0, 0.05) is 22.5 Å². The number of hydrogen-bond donors (Lipinski definition) is 1. The second-order valence-corrected chi connectivity index (χ2v) is 6.57. The van der Waals surface area contributed by atoms with Crippen LogP contribution < -0.4 is 15.7 Å². The third-order valence-electron chi connectivity index (χ3n) is 4.07. The Labute approximate surface area is 166 Å². The largest absolute Gasteiger partial charge is 0.484 e. The fourth-order valence-corrected chi connectivity index (χ4v) is 3.00. The number of halogens is 1. The van der Waals surface area contributed by atoms with E-state index in [1.165, 1.54) is 18.2 Å². The highest BCUT2D eigenvalue weighted by atomic mass is 35.5. The van der Waals surface area contributed by atoms with Crippen LogP contribution in [0.15, 0.2) is 51.7 Å². The fourth-order valence-electron chi connectivity index (χ4n) is 2.83. The van der Waals surface area contributed by atoms with Gasteiger partial charge in [-0.1, -0.05) is 24.9 Å². The molecule has 0 aliphatic rings. The summed E-state index contributed by atoms with van der Waals surface area (Å²) in [6.07, 6.45) is 1.68. The van der Waals surface area contributed by atoms with E-state index in [2.05, 4.69) is 5.32 Å². The summed E-state index contributed by atoms with van der Waals surface area (Å²) >= 11 is 5.91. The average molecular weight is 397 g/mol. The minimum atomic E-state index is -0.444. The van der Waals surface area contributed by atoms with Crippen molar-refractivity contribution in [1.29, 1.82) is 5.26 Å². The number of nitrogens with one attached hydrogen (secondary N) is 1. The summed E-state index contributed by atoms with van der Waals surface area (Å²) in [6, 6.07) is 13.2. The molecule has 28 heavy (non-hydrogen) atoms. The van der Waals surface area contributed by atoms with Gasteiger partial charge in [-0.15, -0.1) is 0 Å². The highest BCUT2D eigenvalue weighted by molar-refractivity contribution is 6.31. The molecule has 1 amide bonds. The first-order valence-electron chi connectivity index (χ1n) is 8.69. The molecule has 0 unspecified atom stereocenters. The molecular weight excluding hydrogens is 380 g/mol. The van der Waals surface area contributed by atoms with Crippen molar-refractivity contribution in [3.63, 3.8) is 0 Å². The van der Waals surface area contributed by atoms with E-state index >= 15 is 0 Å². The van der Waals surface area contributed by atoms with Gasteiger partial charge in [0.25, 0.3) is 5.91 Å². The molecule has 0 aliphatic carbocycles. The number of benzene rings is 2. The van der Waals surface area contributed by atoms with Gasteiger partial charge < -0.3 is 14.5 Å². The van der Waals surface area contributed by atoms with Crippen LogP contribution in [0.4, 0.5) is 5.69 Å². The van der Waals surface area contributed by atoms with E-state index in [9.17, 15) is 9.59 Å². The summed E-state index contributed by atoms with van der Waals surface area (Å²) in [5, 5.41) is 13.0. The van der Waals surface area contributed by atoms with Gasteiger partial charge >= 0.3 is 5.63 Å². The summed E-state index contributed by atoms with van der Waals surface area (Å²) in [7, 11) is 0. The van der Waals surface area contributed by atoms with E-state index in [-0.39, 0.29) is 6.61 Å². The Kier molecular flexibility index (Phi) is 5.97. The zero-order valence-corrected chi connectivity index (χ0v) is 15.9. The van der Waals surface area contributed by atoms with Crippen molar-refractivity contribution in [2.75, 3.05) is 11.9 Å². The Morgan fingerprint density at radius 2 is 2.07 bits per heavy atom. The van der Waals surface area contributed by atoms with Gasteiger partial charge in [-0.25, -0.2) is 4.79 Å². The molecule has 0 radical (unpaired) electrons. The zero-order valence-electron chi connectivity index (χ0n) is 15.1. The van der Waals surface area contributed by atoms with Crippen LogP contribution in [0.2, 0.25) is 5.02 Å². The highest BCUT2D eigenvalue weighted by Gasteiger charge is 2.10. The van der Waals surface area contributed by atoms with Crippen molar-refractivity contribution in [1.82, 2.24) is 0 Å². The molecule has 3 rings (SSSR count). The van der Waals surface area contributed by atoms with Crippen molar-refractivity contribution in [2.45, 2.75) is 19.8 Å². The Morgan fingerprint density at radius 3 is 2.82 bits per heavy atom. The molecule has 6 nitrogen and oxygen atoms in total. The number of anilines is 1. The number of rotatable bonds is 6. The molecule has 0 bridgehead atoms. The molecule has 1 aromatic heterocycles. The molecule has 1 heterocycles. The Hall–Kier alpha value is -3.30. The van der Waals surface area contributed by atoms with Crippen LogP contribution in [0, 0.1) is 11.3 Å². The predicted molar refractivity (Wildman–Crippen MR) is 107 cm³/mol. The Balaban J connectivity index is 1.73. The first-order chi connectivity index (χ1) is 13.5. The molecule has 0 spiro atoms. The molecule has 2 aromatic carbocycles. The van der Waals surface area contributed by atoms with Gasteiger partial charge in [0.1, 0.15) is 17.4 Å². The number of nitrogens with zero attached hydrogens (tertiary/aromatic N) is 1. The minimum absolute atomic E-state index is 0.276. The molecule has 3 aromatic rings. The van der Waals surface area contributed by atoms with Gasteiger partial charge in [-0.3, -0.25) is 4.79 Å². The molecule has 0 saturated carbocycles. The average Bonchev–Trinajstić information content (AvgIpc) is 2.66. The van der Waals surface area contributed by atoms with E-state index in [1.54, 1.807) is 24.3 Å². The smallest absolute Gasteiger partial charge is 0.336 e. The van der Waals surface area contributed by atoms with Crippen LogP contribution >= 0.6 is 11.6 Å². The van der Waals surface area contributed by atoms with Gasteiger partial charge in [0.15, 0.2) is 6.61 Å². The summed E-state index contributed by atoms with van der Waals surface area (Å²) < 4.78 is 10.7. The summed E-state index contributed by atoms with van der Waals surface area (Å²) in [6.45, 7) is 1.76. The lowest BCUT2D eigenvalue weighted by atomic mass is 10.1. The monoisotopic (exact) mass is 396 g/mol. The summed E-state index contributed by atoms with van der Waals surface area (Å²) in [5.41, 5.74) is 1.53. The van der Waals surface area contributed by atoms with E-state index in [1.807, 2.05) is 13.0 Å². The van der Waals surface area contributed by atoms with Crippen LogP contribution in [-0.4, -0.2) is 12.5 Å². The van der Waals surface area contributed by atoms with Gasteiger partial charge in [0.2, 0.25) is 0 Å². The van der Waals surface area contributed by atoms with E-state index in [0.29, 0.717) is 27.6 Å².